The van der Waals surface area contributed by atoms with Gasteiger partial charge in [0.25, 0.3) is 5.91 Å². The molecule has 182 valence electrons. The van der Waals surface area contributed by atoms with Gasteiger partial charge in [-0.05, 0) is 55.5 Å². The van der Waals surface area contributed by atoms with Crippen molar-refractivity contribution in [1.82, 2.24) is 40.0 Å². The number of carbonyl (C=O) groups excluding carboxylic acids is 1. The predicted octanol–water partition coefficient (Wildman–Crippen LogP) is 2.77. The summed E-state index contributed by atoms with van der Waals surface area (Å²) >= 11 is 0. The number of hydrogen-bond acceptors (Lipinski definition) is 7. The molecule has 1 unspecified atom stereocenters. The number of para-hydroxylation sites is 1. The summed E-state index contributed by atoms with van der Waals surface area (Å²) < 4.78 is 3.50. The highest BCUT2D eigenvalue weighted by Gasteiger charge is 2.20. The van der Waals surface area contributed by atoms with Crippen LogP contribution >= 0.6 is 0 Å². The third-order valence-corrected chi connectivity index (χ3v) is 6.35. The third kappa shape index (κ3) is 5.02. The van der Waals surface area contributed by atoms with E-state index in [0.717, 1.165) is 42.7 Å². The van der Waals surface area contributed by atoms with Crippen LogP contribution in [0.5, 0.6) is 0 Å². The Kier molecular flexibility index (Phi) is 6.71. The Hall–Kier alpha value is -3.79. The molecule has 1 fully saturated rings. The molecule has 4 heterocycles. The van der Waals surface area contributed by atoms with Crippen molar-refractivity contribution in [3.8, 4) is 5.69 Å². The minimum atomic E-state index is -0.269. The van der Waals surface area contributed by atoms with E-state index in [0.29, 0.717) is 30.6 Å². The molecule has 1 aliphatic rings. The van der Waals surface area contributed by atoms with Gasteiger partial charge in [-0.3, -0.25) is 4.79 Å². The molecular weight excluding hydrogens is 442 g/mol. The normalized spacial score (nSPS) is 16.0. The van der Waals surface area contributed by atoms with Gasteiger partial charge in [0.2, 0.25) is 11.8 Å². The molecule has 1 aromatic carbocycles. The van der Waals surface area contributed by atoms with Crippen LogP contribution in [0.25, 0.3) is 11.3 Å². The van der Waals surface area contributed by atoms with E-state index in [1.165, 1.54) is 0 Å². The summed E-state index contributed by atoms with van der Waals surface area (Å²) in [5.41, 5.74) is 3.62. The summed E-state index contributed by atoms with van der Waals surface area (Å²) in [6.45, 7) is 7.22. The Balaban J connectivity index is 1.42. The second kappa shape index (κ2) is 10.2. The Morgan fingerprint density at radius 1 is 1.20 bits per heavy atom. The van der Waals surface area contributed by atoms with Crippen molar-refractivity contribution in [3.63, 3.8) is 0 Å². The average Bonchev–Trinajstić information content (AvgIpc) is 3.57. The van der Waals surface area contributed by atoms with Crippen molar-refractivity contribution >= 4 is 17.5 Å². The van der Waals surface area contributed by atoms with E-state index < -0.39 is 0 Å². The highest BCUT2D eigenvalue weighted by atomic mass is 16.2. The van der Waals surface area contributed by atoms with Crippen LogP contribution in [0.2, 0.25) is 0 Å². The molecule has 1 aliphatic heterocycles. The van der Waals surface area contributed by atoms with Gasteiger partial charge in [-0.25, -0.2) is 9.67 Å². The van der Waals surface area contributed by atoms with E-state index in [2.05, 4.69) is 50.0 Å². The molecule has 1 atom stereocenters. The summed E-state index contributed by atoms with van der Waals surface area (Å²) in [7, 11) is 0. The van der Waals surface area contributed by atoms with Crippen molar-refractivity contribution in [2.24, 2.45) is 5.92 Å². The number of rotatable bonds is 8. The second-order valence-corrected chi connectivity index (χ2v) is 9.22. The van der Waals surface area contributed by atoms with Crippen molar-refractivity contribution in [2.75, 3.05) is 25.0 Å². The van der Waals surface area contributed by atoms with Crippen LogP contribution in [0.4, 0.5) is 5.95 Å². The van der Waals surface area contributed by atoms with Crippen molar-refractivity contribution in [2.45, 2.75) is 39.2 Å². The molecule has 3 N–H and O–H groups in total. The zero-order valence-corrected chi connectivity index (χ0v) is 20.1. The summed E-state index contributed by atoms with van der Waals surface area (Å²) in [4.78, 5) is 22.2. The molecule has 0 spiro atoms. The van der Waals surface area contributed by atoms with Crippen LogP contribution in [0.1, 0.15) is 54.4 Å². The fourth-order valence-electron chi connectivity index (χ4n) is 4.40. The molecule has 5 rings (SSSR count). The maximum absolute atomic E-state index is 13.0. The number of anilines is 1. The second-order valence-electron chi connectivity index (χ2n) is 9.22. The average molecular weight is 474 g/mol. The zero-order chi connectivity index (χ0) is 24.2. The van der Waals surface area contributed by atoms with Gasteiger partial charge in [0.15, 0.2) is 5.65 Å². The van der Waals surface area contributed by atoms with Gasteiger partial charge >= 0.3 is 0 Å². The molecule has 1 amide bonds. The summed E-state index contributed by atoms with van der Waals surface area (Å²) in [6.07, 6.45) is 7.70. The number of fused-ring (bicyclic) bond motifs is 1. The Morgan fingerprint density at radius 3 is 2.86 bits per heavy atom. The van der Waals surface area contributed by atoms with E-state index >= 15 is 0 Å². The number of carbonyl (C=O) groups is 1. The van der Waals surface area contributed by atoms with Gasteiger partial charge in [0.05, 0.1) is 11.9 Å². The molecule has 0 saturated carbocycles. The molecule has 0 bridgehead atoms. The standard InChI is InChI=1S/C25H31N9O/c1-17(2)20-16-30-34-23(20)31-22(24(35)27-14-18-7-5-10-26-13-18)32-25(34)28-15-19-8-3-4-9-21(19)33-12-6-11-29-33/h3-4,6,8-9,11-12,16-18,26H,5,7,10,13-15H2,1-2H3,(H,27,35)(H,28,31,32). The van der Waals surface area contributed by atoms with E-state index in [4.69, 9.17) is 0 Å². The minimum Gasteiger partial charge on any atom is -0.350 e. The first kappa shape index (κ1) is 23.0. The van der Waals surface area contributed by atoms with Crippen LogP contribution in [0.3, 0.4) is 0 Å². The highest BCUT2D eigenvalue weighted by molar-refractivity contribution is 5.91. The molecule has 10 nitrogen and oxygen atoms in total. The molecule has 10 heteroatoms. The summed E-state index contributed by atoms with van der Waals surface area (Å²) in [5.74, 6) is 0.983. The monoisotopic (exact) mass is 473 g/mol. The fraction of sp³-hybridized carbons (Fsp3) is 0.400. The predicted molar refractivity (Wildman–Crippen MR) is 134 cm³/mol. The lowest BCUT2D eigenvalue weighted by Crippen LogP contribution is -2.38. The molecule has 4 aromatic rings. The maximum Gasteiger partial charge on any atom is 0.289 e. The molecule has 3 aromatic heterocycles. The lowest BCUT2D eigenvalue weighted by atomic mass is 10.00. The van der Waals surface area contributed by atoms with Gasteiger partial charge in [-0.15, -0.1) is 0 Å². The number of piperidine rings is 1. The van der Waals surface area contributed by atoms with Crippen LogP contribution in [-0.4, -0.2) is 54.9 Å². The molecule has 0 radical (unpaired) electrons. The molecule has 0 aliphatic carbocycles. The van der Waals surface area contributed by atoms with Gasteiger partial charge in [0, 0.05) is 31.0 Å². The van der Waals surface area contributed by atoms with Crippen LogP contribution in [0, 0.1) is 5.92 Å². The van der Waals surface area contributed by atoms with Crippen molar-refractivity contribution in [3.05, 3.63) is 65.9 Å². The first-order valence-electron chi connectivity index (χ1n) is 12.2. The summed E-state index contributed by atoms with van der Waals surface area (Å²) in [5, 5.41) is 18.7. The Bertz CT molecular complexity index is 1290. The Labute approximate surface area is 204 Å². The van der Waals surface area contributed by atoms with Crippen molar-refractivity contribution in [1.29, 1.82) is 0 Å². The summed E-state index contributed by atoms with van der Waals surface area (Å²) in [6, 6.07) is 9.92. The van der Waals surface area contributed by atoms with Gasteiger partial charge in [-0.2, -0.15) is 19.7 Å². The quantitative estimate of drug-likeness (QED) is 0.361. The van der Waals surface area contributed by atoms with Crippen LogP contribution < -0.4 is 16.0 Å². The lowest BCUT2D eigenvalue weighted by Gasteiger charge is -2.22. The molecule has 1 saturated heterocycles. The minimum absolute atomic E-state index is 0.145. The SMILES string of the molecule is CC(C)c1cnn2c(NCc3ccccc3-n3cccn3)nc(C(=O)NCC3CCCNC3)nc12. The third-order valence-electron chi connectivity index (χ3n) is 6.35. The zero-order valence-electron chi connectivity index (χ0n) is 20.1. The van der Waals surface area contributed by atoms with Gasteiger partial charge in [-0.1, -0.05) is 32.0 Å². The largest absolute Gasteiger partial charge is 0.350 e. The van der Waals surface area contributed by atoms with E-state index in [9.17, 15) is 4.79 Å². The number of nitrogens with zero attached hydrogens (tertiary/aromatic N) is 6. The fourth-order valence-corrected chi connectivity index (χ4v) is 4.40. The van der Waals surface area contributed by atoms with Crippen molar-refractivity contribution < 1.29 is 4.79 Å². The number of hydrogen-bond donors (Lipinski definition) is 3. The number of nitrogens with one attached hydrogen (secondary N) is 3. The molecule has 35 heavy (non-hydrogen) atoms. The number of aromatic nitrogens is 6. The van der Waals surface area contributed by atoms with Crippen LogP contribution in [-0.2, 0) is 6.54 Å². The number of benzene rings is 1. The maximum atomic E-state index is 13.0. The van der Waals surface area contributed by atoms with Crippen LogP contribution in [0.15, 0.2) is 48.9 Å². The molecular formula is C25H31N9O. The van der Waals surface area contributed by atoms with E-state index in [1.807, 2.05) is 41.2 Å². The topological polar surface area (TPSA) is 114 Å². The smallest absolute Gasteiger partial charge is 0.289 e. The Morgan fingerprint density at radius 2 is 2.09 bits per heavy atom. The van der Waals surface area contributed by atoms with E-state index in [1.54, 1.807) is 16.9 Å². The van der Waals surface area contributed by atoms with E-state index in [-0.39, 0.29) is 17.6 Å². The lowest BCUT2D eigenvalue weighted by molar-refractivity contribution is 0.0934. The first-order valence-corrected chi connectivity index (χ1v) is 12.2. The number of amides is 1. The highest BCUT2D eigenvalue weighted by Crippen LogP contribution is 2.22. The van der Waals surface area contributed by atoms with Gasteiger partial charge in [0.1, 0.15) is 0 Å². The first-order chi connectivity index (χ1) is 17.1. The van der Waals surface area contributed by atoms with Gasteiger partial charge < -0.3 is 16.0 Å².